The first-order chi connectivity index (χ1) is 19.9. The van der Waals surface area contributed by atoms with Gasteiger partial charge in [0.05, 0.1) is 45.9 Å². The van der Waals surface area contributed by atoms with Crippen LogP contribution in [0.2, 0.25) is 0 Å². The SMILES string of the molecule is CC(C)(C)OC(=O)N1CCC(S(=O)(=O)Cc2ccc3cnc(Nc4ccc(-n5ccc(CO)n5)cc4F)cc3n2)CC1. The molecule has 222 valence electrons. The Balaban J connectivity index is 1.26. The van der Waals surface area contributed by atoms with Gasteiger partial charge < -0.3 is 20.1 Å². The number of aliphatic hydroxyl groups excluding tert-OH is 1. The van der Waals surface area contributed by atoms with Crippen molar-refractivity contribution in [2.45, 2.75) is 56.8 Å². The quantitative estimate of drug-likeness (QED) is 0.316. The summed E-state index contributed by atoms with van der Waals surface area (Å²) in [6, 6.07) is 11.3. The third-order valence-corrected chi connectivity index (χ3v) is 9.05. The fourth-order valence-corrected chi connectivity index (χ4v) is 6.47. The van der Waals surface area contributed by atoms with E-state index >= 15 is 0 Å². The number of sulfone groups is 1. The van der Waals surface area contributed by atoms with Crippen LogP contribution in [0.4, 0.5) is 20.7 Å². The molecule has 0 spiro atoms. The molecule has 5 rings (SSSR count). The number of hydrogen-bond donors (Lipinski definition) is 2. The average Bonchev–Trinajstić information content (AvgIpc) is 3.42. The number of rotatable bonds is 7. The highest BCUT2D eigenvalue weighted by atomic mass is 32.2. The van der Waals surface area contributed by atoms with E-state index in [2.05, 4.69) is 20.4 Å². The highest BCUT2D eigenvalue weighted by Crippen LogP contribution is 2.26. The van der Waals surface area contributed by atoms with Crippen molar-refractivity contribution in [3.8, 4) is 5.69 Å². The zero-order valence-electron chi connectivity index (χ0n) is 23.6. The number of amides is 1. The second kappa shape index (κ2) is 11.6. The number of nitrogens with one attached hydrogen (secondary N) is 1. The minimum absolute atomic E-state index is 0.191. The van der Waals surface area contributed by atoms with Gasteiger partial charge in [-0.1, -0.05) is 0 Å². The number of anilines is 2. The monoisotopic (exact) mass is 596 g/mol. The van der Waals surface area contributed by atoms with Crippen molar-refractivity contribution in [1.82, 2.24) is 24.6 Å². The molecule has 0 saturated carbocycles. The molecular weight excluding hydrogens is 563 g/mol. The largest absolute Gasteiger partial charge is 0.444 e. The summed E-state index contributed by atoms with van der Waals surface area (Å²) in [6.07, 6.45) is 3.45. The summed E-state index contributed by atoms with van der Waals surface area (Å²) in [6.45, 7) is 5.80. The number of aromatic nitrogens is 4. The first kappa shape index (κ1) is 29.4. The molecule has 13 heteroatoms. The minimum Gasteiger partial charge on any atom is -0.444 e. The van der Waals surface area contributed by atoms with Crippen LogP contribution in [0.15, 0.2) is 54.9 Å². The highest BCUT2D eigenvalue weighted by Gasteiger charge is 2.33. The van der Waals surface area contributed by atoms with E-state index in [1.165, 1.54) is 10.7 Å². The number of halogens is 1. The predicted molar refractivity (Wildman–Crippen MR) is 156 cm³/mol. The third kappa shape index (κ3) is 6.85. The van der Waals surface area contributed by atoms with Crippen molar-refractivity contribution in [2.24, 2.45) is 0 Å². The second-order valence-electron chi connectivity index (χ2n) is 11.2. The molecule has 0 unspecified atom stereocenters. The van der Waals surface area contributed by atoms with Gasteiger partial charge in [-0.25, -0.2) is 27.3 Å². The van der Waals surface area contributed by atoms with Gasteiger partial charge in [0.25, 0.3) is 0 Å². The van der Waals surface area contributed by atoms with Gasteiger partial charge in [0, 0.05) is 43.0 Å². The fraction of sp³-hybridized carbons (Fsp3) is 0.379. The molecule has 1 aliphatic heterocycles. The molecule has 4 aromatic rings. The lowest BCUT2D eigenvalue weighted by Crippen LogP contribution is -2.44. The van der Waals surface area contributed by atoms with Crippen LogP contribution in [0.5, 0.6) is 0 Å². The van der Waals surface area contributed by atoms with E-state index in [1.807, 2.05) is 0 Å². The summed E-state index contributed by atoms with van der Waals surface area (Å²) in [5, 5.41) is 16.5. The molecule has 0 radical (unpaired) electrons. The molecule has 1 fully saturated rings. The number of carbonyl (C=O) groups excluding carboxylic acids is 1. The van der Waals surface area contributed by atoms with Gasteiger partial charge in [0.1, 0.15) is 17.2 Å². The molecule has 1 saturated heterocycles. The maximum absolute atomic E-state index is 14.9. The van der Waals surface area contributed by atoms with E-state index in [0.29, 0.717) is 59.7 Å². The Morgan fingerprint density at radius 2 is 1.88 bits per heavy atom. The van der Waals surface area contributed by atoms with Crippen LogP contribution in [-0.2, 0) is 26.9 Å². The van der Waals surface area contributed by atoms with E-state index in [9.17, 15) is 22.7 Å². The lowest BCUT2D eigenvalue weighted by atomic mass is 10.1. The number of fused-ring (bicyclic) bond motifs is 1. The van der Waals surface area contributed by atoms with E-state index in [-0.39, 0.29) is 18.0 Å². The van der Waals surface area contributed by atoms with Crippen LogP contribution in [0.25, 0.3) is 16.6 Å². The standard InChI is InChI=1S/C29H33FN6O5S/c1-29(2,3)41-28(38)35-11-9-23(10-12-35)42(39,40)18-21-5-4-19-16-31-27(15-26(19)32-21)33-25-7-6-22(14-24(25)30)36-13-8-20(17-37)34-36/h4-8,13-16,23,37H,9-12,17-18H2,1-3H3,(H,31,33). The van der Waals surface area contributed by atoms with Crippen molar-refractivity contribution in [1.29, 1.82) is 0 Å². The van der Waals surface area contributed by atoms with Gasteiger partial charge in [0.15, 0.2) is 9.84 Å². The fourth-order valence-electron chi connectivity index (χ4n) is 4.73. The number of aliphatic hydroxyl groups is 1. The summed E-state index contributed by atoms with van der Waals surface area (Å²) in [5.74, 6) is -0.411. The molecule has 11 nitrogen and oxygen atoms in total. The van der Waals surface area contributed by atoms with Crippen LogP contribution in [0, 0.1) is 5.82 Å². The van der Waals surface area contributed by atoms with Crippen molar-refractivity contribution in [2.75, 3.05) is 18.4 Å². The lowest BCUT2D eigenvalue weighted by Gasteiger charge is -2.33. The minimum atomic E-state index is -3.52. The molecule has 42 heavy (non-hydrogen) atoms. The van der Waals surface area contributed by atoms with Gasteiger partial charge >= 0.3 is 6.09 Å². The van der Waals surface area contributed by atoms with Gasteiger partial charge in [-0.15, -0.1) is 0 Å². The zero-order valence-corrected chi connectivity index (χ0v) is 24.4. The van der Waals surface area contributed by atoms with E-state index < -0.39 is 32.6 Å². The van der Waals surface area contributed by atoms with E-state index in [4.69, 9.17) is 4.74 Å². The number of benzene rings is 1. The average molecular weight is 597 g/mol. The number of nitrogens with zero attached hydrogens (tertiary/aromatic N) is 5. The molecule has 0 atom stereocenters. The maximum atomic E-state index is 14.9. The molecule has 1 amide bonds. The normalized spacial score (nSPS) is 14.7. The van der Waals surface area contributed by atoms with Crippen LogP contribution < -0.4 is 5.32 Å². The number of ether oxygens (including phenoxy) is 1. The van der Waals surface area contributed by atoms with Gasteiger partial charge in [-0.05, 0) is 63.9 Å². The molecule has 2 N–H and O–H groups in total. The van der Waals surface area contributed by atoms with E-state index in [0.717, 1.165) is 0 Å². The number of pyridine rings is 2. The van der Waals surface area contributed by atoms with E-state index in [1.54, 1.807) is 74.5 Å². The summed E-state index contributed by atoms with van der Waals surface area (Å²) >= 11 is 0. The number of hydrogen-bond acceptors (Lipinski definition) is 9. The number of piperidine rings is 1. The van der Waals surface area contributed by atoms with Crippen molar-refractivity contribution in [3.05, 3.63) is 72.1 Å². The molecule has 3 aromatic heterocycles. The van der Waals surface area contributed by atoms with Crippen molar-refractivity contribution < 1.29 is 27.4 Å². The van der Waals surface area contributed by atoms with Gasteiger partial charge in [-0.2, -0.15) is 5.10 Å². The Bertz CT molecular complexity index is 1710. The Morgan fingerprint density at radius 1 is 1.12 bits per heavy atom. The molecule has 0 bridgehead atoms. The molecule has 1 aliphatic rings. The topological polar surface area (TPSA) is 140 Å². The number of carbonyl (C=O) groups is 1. The molecule has 1 aromatic carbocycles. The maximum Gasteiger partial charge on any atom is 0.410 e. The van der Waals surface area contributed by atoms with Crippen LogP contribution in [0.1, 0.15) is 45.0 Å². The molecule has 4 heterocycles. The highest BCUT2D eigenvalue weighted by molar-refractivity contribution is 7.91. The lowest BCUT2D eigenvalue weighted by molar-refractivity contribution is 0.0217. The Kier molecular flexibility index (Phi) is 8.15. The van der Waals surface area contributed by atoms with Gasteiger partial charge in [0.2, 0.25) is 0 Å². The first-order valence-corrected chi connectivity index (χ1v) is 15.3. The first-order valence-electron chi connectivity index (χ1n) is 13.6. The zero-order chi connectivity index (χ0) is 30.1. The Hall–Kier alpha value is -4.10. The third-order valence-electron chi connectivity index (χ3n) is 6.87. The van der Waals surface area contributed by atoms with Gasteiger partial charge in [-0.3, -0.25) is 4.98 Å². The second-order valence-corrected chi connectivity index (χ2v) is 13.5. The molecule has 0 aliphatic carbocycles. The Labute approximate surface area is 243 Å². The summed E-state index contributed by atoms with van der Waals surface area (Å²) in [4.78, 5) is 22.8. The number of likely N-dealkylation sites (tertiary alicyclic amines) is 1. The summed E-state index contributed by atoms with van der Waals surface area (Å²) in [5.41, 5.74) is 1.46. The summed E-state index contributed by atoms with van der Waals surface area (Å²) < 4.78 is 48.2. The van der Waals surface area contributed by atoms with Crippen LogP contribution in [0.3, 0.4) is 0 Å². The predicted octanol–water partition coefficient (Wildman–Crippen LogP) is 4.50. The Morgan fingerprint density at radius 3 is 2.55 bits per heavy atom. The van der Waals surface area contributed by atoms with Crippen LogP contribution >= 0.6 is 0 Å². The smallest absolute Gasteiger partial charge is 0.410 e. The summed E-state index contributed by atoms with van der Waals surface area (Å²) in [7, 11) is -3.52. The molecular formula is C29H33FN6O5S. The van der Waals surface area contributed by atoms with Crippen LogP contribution in [-0.4, -0.2) is 68.2 Å². The van der Waals surface area contributed by atoms with Crippen molar-refractivity contribution >= 4 is 38.3 Å². The van der Waals surface area contributed by atoms with Crippen molar-refractivity contribution in [3.63, 3.8) is 0 Å².